The predicted octanol–water partition coefficient (Wildman–Crippen LogP) is 1.14. The number of thiazole rings is 1. The van der Waals surface area contributed by atoms with Crippen LogP contribution in [-0.4, -0.2) is 52.4 Å². The molecule has 100 valence electrons. The van der Waals surface area contributed by atoms with Crippen molar-refractivity contribution >= 4 is 33.4 Å². The van der Waals surface area contributed by atoms with E-state index in [1.54, 1.807) is 16.7 Å². The van der Waals surface area contributed by atoms with Gasteiger partial charge in [0.05, 0.1) is 5.51 Å². The van der Waals surface area contributed by atoms with Gasteiger partial charge in [-0.3, -0.25) is 4.79 Å². The van der Waals surface area contributed by atoms with E-state index >= 15 is 0 Å². The summed E-state index contributed by atoms with van der Waals surface area (Å²) in [6.45, 7) is 0.727. The number of hydrogen-bond acceptors (Lipinski definition) is 6. The summed E-state index contributed by atoms with van der Waals surface area (Å²) < 4.78 is 0. The van der Waals surface area contributed by atoms with Crippen molar-refractivity contribution in [1.82, 2.24) is 19.9 Å². The van der Waals surface area contributed by atoms with Crippen molar-refractivity contribution in [3.05, 3.63) is 11.8 Å². The first-order valence-corrected chi connectivity index (χ1v) is 7.06. The molecule has 7 heteroatoms. The summed E-state index contributed by atoms with van der Waals surface area (Å²) in [5.74, 6) is 1.06. The lowest BCUT2D eigenvalue weighted by molar-refractivity contribution is -0.132. The van der Waals surface area contributed by atoms with Crippen molar-refractivity contribution in [3.63, 3.8) is 0 Å². The second kappa shape index (κ2) is 4.73. The number of piperidine rings is 1. The van der Waals surface area contributed by atoms with Crippen LogP contribution in [0.25, 0.3) is 10.3 Å². The molecule has 1 aliphatic rings. The van der Waals surface area contributed by atoms with Crippen LogP contribution >= 0.6 is 11.3 Å². The number of aromatic nitrogens is 3. The summed E-state index contributed by atoms with van der Waals surface area (Å²) in [4.78, 5) is 29.2. The van der Waals surface area contributed by atoms with Crippen molar-refractivity contribution in [3.8, 4) is 0 Å². The van der Waals surface area contributed by atoms with E-state index in [1.165, 1.54) is 11.3 Å². The van der Waals surface area contributed by atoms with E-state index in [1.807, 2.05) is 14.1 Å². The van der Waals surface area contributed by atoms with Gasteiger partial charge in [0.1, 0.15) is 16.7 Å². The SMILES string of the molecule is CN1CC(N(C)c2ncnc3scnc23)CCC1=O. The maximum atomic E-state index is 11.5. The maximum absolute atomic E-state index is 11.5. The van der Waals surface area contributed by atoms with Crippen molar-refractivity contribution in [2.75, 3.05) is 25.5 Å². The molecule has 1 saturated heterocycles. The number of anilines is 1. The number of amides is 1. The van der Waals surface area contributed by atoms with Crippen LogP contribution < -0.4 is 4.90 Å². The van der Waals surface area contributed by atoms with Crippen LogP contribution in [0, 0.1) is 0 Å². The average Bonchev–Trinajstić information content (AvgIpc) is 2.89. The zero-order valence-corrected chi connectivity index (χ0v) is 11.7. The number of hydrogen-bond donors (Lipinski definition) is 0. The van der Waals surface area contributed by atoms with E-state index < -0.39 is 0 Å². The van der Waals surface area contributed by atoms with Crippen LogP contribution in [0.5, 0.6) is 0 Å². The number of rotatable bonds is 2. The Kier molecular flexibility index (Phi) is 3.06. The second-order valence-electron chi connectivity index (χ2n) is 4.78. The number of nitrogens with zero attached hydrogens (tertiary/aromatic N) is 5. The van der Waals surface area contributed by atoms with Crippen LogP contribution in [-0.2, 0) is 4.79 Å². The first kappa shape index (κ1) is 12.3. The number of fused-ring (bicyclic) bond motifs is 1. The Morgan fingerprint density at radius 3 is 3.05 bits per heavy atom. The number of carbonyl (C=O) groups excluding carboxylic acids is 1. The predicted molar refractivity (Wildman–Crippen MR) is 74.3 cm³/mol. The minimum absolute atomic E-state index is 0.214. The van der Waals surface area contributed by atoms with Crippen molar-refractivity contribution < 1.29 is 4.79 Å². The van der Waals surface area contributed by atoms with Crippen molar-refractivity contribution in [2.45, 2.75) is 18.9 Å². The normalized spacial score (nSPS) is 20.0. The van der Waals surface area contributed by atoms with Crippen LogP contribution in [0.4, 0.5) is 5.82 Å². The molecule has 0 spiro atoms. The summed E-state index contributed by atoms with van der Waals surface area (Å²) in [5.41, 5.74) is 2.63. The maximum Gasteiger partial charge on any atom is 0.222 e. The highest BCUT2D eigenvalue weighted by molar-refractivity contribution is 7.16. The van der Waals surface area contributed by atoms with E-state index in [2.05, 4.69) is 19.9 Å². The van der Waals surface area contributed by atoms with Crippen LogP contribution in [0.1, 0.15) is 12.8 Å². The first-order valence-electron chi connectivity index (χ1n) is 6.18. The molecule has 6 nitrogen and oxygen atoms in total. The van der Waals surface area contributed by atoms with Gasteiger partial charge in [0.15, 0.2) is 5.82 Å². The standard InChI is InChI=1S/C12H15N5OS/c1-16-5-8(3-4-9(16)18)17(2)11-10-12(14-6-13-11)19-7-15-10/h6-8H,3-5H2,1-2H3. The summed E-state index contributed by atoms with van der Waals surface area (Å²) in [6.07, 6.45) is 3.02. The van der Waals surface area contributed by atoms with E-state index in [0.29, 0.717) is 6.42 Å². The minimum Gasteiger partial charge on any atom is -0.353 e. The largest absolute Gasteiger partial charge is 0.353 e. The van der Waals surface area contributed by atoms with Crippen LogP contribution in [0.2, 0.25) is 0 Å². The molecule has 1 amide bonds. The van der Waals surface area contributed by atoms with Gasteiger partial charge in [-0.1, -0.05) is 0 Å². The second-order valence-corrected chi connectivity index (χ2v) is 5.61. The summed E-state index contributed by atoms with van der Waals surface area (Å²) in [7, 11) is 3.86. The number of likely N-dealkylation sites (N-methyl/N-ethyl adjacent to an activating group) is 2. The third kappa shape index (κ3) is 2.14. The molecule has 0 aromatic carbocycles. The van der Waals surface area contributed by atoms with Crippen LogP contribution in [0.15, 0.2) is 11.8 Å². The summed E-state index contributed by atoms with van der Waals surface area (Å²) >= 11 is 1.51. The van der Waals surface area contributed by atoms with Crippen molar-refractivity contribution in [1.29, 1.82) is 0 Å². The highest BCUT2D eigenvalue weighted by atomic mass is 32.1. The fraction of sp³-hybridized carbons (Fsp3) is 0.500. The molecule has 1 fully saturated rings. The van der Waals surface area contributed by atoms with Gasteiger partial charge < -0.3 is 9.80 Å². The Labute approximate surface area is 115 Å². The molecule has 0 bridgehead atoms. The smallest absolute Gasteiger partial charge is 0.222 e. The molecule has 0 saturated carbocycles. The first-order chi connectivity index (χ1) is 9.16. The Morgan fingerprint density at radius 2 is 2.26 bits per heavy atom. The van der Waals surface area contributed by atoms with Gasteiger partial charge in [-0.15, -0.1) is 11.3 Å². The lowest BCUT2D eigenvalue weighted by Crippen LogP contribution is -2.47. The molecule has 0 radical (unpaired) electrons. The van der Waals surface area contributed by atoms with Gasteiger partial charge in [-0.25, -0.2) is 15.0 Å². The molecule has 1 aliphatic heterocycles. The fourth-order valence-electron chi connectivity index (χ4n) is 2.42. The third-order valence-electron chi connectivity index (χ3n) is 3.60. The average molecular weight is 277 g/mol. The molecular weight excluding hydrogens is 262 g/mol. The van der Waals surface area contributed by atoms with E-state index in [0.717, 1.165) is 29.1 Å². The molecular formula is C12H15N5OS. The topological polar surface area (TPSA) is 62.2 Å². The molecule has 0 aliphatic carbocycles. The summed E-state index contributed by atoms with van der Waals surface area (Å²) in [5, 5.41) is 0. The van der Waals surface area contributed by atoms with E-state index in [9.17, 15) is 4.79 Å². The lowest BCUT2D eigenvalue weighted by Gasteiger charge is -2.36. The van der Waals surface area contributed by atoms with Gasteiger partial charge in [-0.2, -0.15) is 0 Å². The molecule has 19 heavy (non-hydrogen) atoms. The molecule has 3 heterocycles. The van der Waals surface area contributed by atoms with E-state index in [4.69, 9.17) is 0 Å². The molecule has 1 atom stereocenters. The highest BCUT2D eigenvalue weighted by Crippen LogP contribution is 2.26. The third-order valence-corrected chi connectivity index (χ3v) is 4.33. The van der Waals surface area contributed by atoms with Gasteiger partial charge in [0, 0.05) is 33.1 Å². The summed E-state index contributed by atoms with van der Waals surface area (Å²) in [6, 6.07) is 0.280. The monoisotopic (exact) mass is 277 g/mol. The van der Waals surface area contributed by atoms with Crippen molar-refractivity contribution in [2.24, 2.45) is 0 Å². The molecule has 2 aromatic rings. The number of carbonyl (C=O) groups is 1. The molecule has 0 N–H and O–H groups in total. The Bertz CT molecular complexity index is 613. The van der Waals surface area contributed by atoms with Gasteiger partial charge in [-0.05, 0) is 6.42 Å². The zero-order valence-electron chi connectivity index (χ0n) is 10.9. The molecule has 2 aromatic heterocycles. The Hall–Kier alpha value is -1.76. The van der Waals surface area contributed by atoms with Gasteiger partial charge in [0.2, 0.25) is 5.91 Å². The zero-order chi connectivity index (χ0) is 13.4. The highest BCUT2D eigenvalue weighted by Gasteiger charge is 2.27. The minimum atomic E-state index is 0.214. The molecule has 3 rings (SSSR count). The van der Waals surface area contributed by atoms with Crippen LogP contribution in [0.3, 0.4) is 0 Å². The molecule has 1 unspecified atom stereocenters. The number of likely N-dealkylation sites (tertiary alicyclic amines) is 1. The lowest BCUT2D eigenvalue weighted by atomic mass is 10.0. The Balaban J connectivity index is 1.89. The van der Waals surface area contributed by atoms with E-state index in [-0.39, 0.29) is 11.9 Å². The quantitative estimate of drug-likeness (QED) is 0.824. The van der Waals surface area contributed by atoms with Gasteiger partial charge >= 0.3 is 0 Å². The Morgan fingerprint density at radius 1 is 1.42 bits per heavy atom. The fourth-order valence-corrected chi connectivity index (χ4v) is 3.04. The van der Waals surface area contributed by atoms with Gasteiger partial charge in [0.25, 0.3) is 0 Å².